The van der Waals surface area contributed by atoms with Gasteiger partial charge in [0.05, 0.1) is 11.5 Å². The number of hydrogen-bond acceptors (Lipinski definition) is 4. The van der Waals surface area contributed by atoms with Gasteiger partial charge in [0.2, 0.25) is 11.8 Å². The number of aromatic nitrogens is 1. The number of carbonyl (C=O) groups excluding carboxylic acids is 3. The number of nitrogens with zero attached hydrogens (tertiary/aromatic N) is 3. The molecule has 2 N–H and O–H groups in total. The van der Waals surface area contributed by atoms with Gasteiger partial charge in [0.1, 0.15) is 17.8 Å². The normalized spacial score (nSPS) is 20.0. The van der Waals surface area contributed by atoms with Crippen LogP contribution in [-0.4, -0.2) is 58.2 Å². The van der Waals surface area contributed by atoms with E-state index in [2.05, 4.69) is 16.4 Å². The molecule has 3 amide bonds. The van der Waals surface area contributed by atoms with E-state index in [-0.39, 0.29) is 36.6 Å². The highest BCUT2D eigenvalue weighted by molar-refractivity contribution is 6.11. The number of fused-ring (bicyclic) bond motifs is 3. The molecule has 0 radical (unpaired) electrons. The summed E-state index contributed by atoms with van der Waals surface area (Å²) in [6, 6.07) is 25.6. The zero-order valence-electron chi connectivity index (χ0n) is 23.9. The molecule has 3 atom stereocenters. The Labute approximate surface area is 244 Å². The molecule has 6 rings (SSSR count). The monoisotopic (exact) mass is 559 g/mol. The van der Waals surface area contributed by atoms with Crippen LogP contribution in [0.2, 0.25) is 0 Å². The molecule has 8 nitrogen and oxygen atoms in total. The minimum atomic E-state index is -0.991. The van der Waals surface area contributed by atoms with E-state index in [4.69, 9.17) is 0 Å². The van der Waals surface area contributed by atoms with Crippen molar-refractivity contribution in [2.24, 2.45) is 5.92 Å². The molecule has 42 heavy (non-hydrogen) atoms. The molecular weight excluding hydrogens is 526 g/mol. The molecule has 0 saturated carbocycles. The van der Waals surface area contributed by atoms with Crippen LogP contribution >= 0.6 is 0 Å². The first kappa shape index (κ1) is 27.3. The number of benzene rings is 3. The molecule has 0 aliphatic carbocycles. The molecule has 1 fully saturated rings. The van der Waals surface area contributed by atoms with E-state index in [0.29, 0.717) is 17.8 Å². The van der Waals surface area contributed by atoms with Crippen LogP contribution in [-0.2, 0) is 15.0 Å². The second kappa shape index (κ2) is 10.5. The number of rotatable bonds is 6. The Hall–Kier alpha value is -4.90. The minimum absolute atomic E-state index is 0.0885. The number of likely N-dealkylation sites (N-methyl/N-ethyl adjacent to an activating group) is 1. The highest BCUT2D eigenvalue weighted by atomic mass is 16.2. The fourth-order valence-electron chi connectivity index (χ4n) is 6.57. The zero-order valence-corrected chi connectivity index (χ0v) is 23.9. The number of nitriles is 1. The first-order chi connectivity index (χ1) is 20.2. The number of nitrogens with one attached hydrogen (secondary N) is 2. The molecule has 3 aromatic carbocycles. The predicted octanol–water partition coefficient (Wildman–Crippen LogP) is 5.34. The molecule has 2 aliphatic heterocycles. The van der Waals surface area contributed by atoms with Gasteiger partial charge in [-0.1, -0.05) is 80.6 Å². The summed E-state index contributed by atoms with van der Waals surface area (Å²) in [6.07, 6.45) is 0.622. The average molecular weight is 560 g/mol. The van der Waals surface area contributed by atoms with E-state index >= 15 is 0 Å². The number of likely N-dealkylation sites (tertiary alicyclic amines) is 1. The van der Waals surface area contributed by atoms with E-state index in [1.165, 1.54) is 9.80 Å². The van der Waals surface area contributed by atoms with Gasteiger partial charge in [0.15, 0.2) is 0 Å². The fourth-order valence-corrected chi connectivity index (χ4v) is 6.57. The van der Waals surface area contributed by atoms with Gasteiger partial charge in [0, 0.05) is 42.2 Å². The molecule has 1 saturated heterocycles. The highest BCUT2D eigenvalue weighted by Gasteiger charge is 2.56. The third-order valence-electron chi connectivity index (χ3n) is 8.67. The smallest absolute Gasteiger partial charge is 0.271 e. The first-order valence-corrected chi connectivity index (χ1v) is 14.3. The molecule has 1 spiro atoms. The van der Waals surface area contributed by atoms with Crippen molar-refractivity contribution < 1.29 is 14.4 Å². The van der Waals surface area contributed by atoms with Crippen molar-refractivity contribution in [1.82, 2.24) is 14.8 Å². The zero-order chi connectivity index (χ0) is 29.6. The Balaban J connectivity index is 1.37. The summed E-state index contributed by atoms with van der Waals surface area (Å²) in [5.74, 6) is -0.735. The van der Waals surface area contributed by atoms with Gasteiger partial charge >= 0.3 is 0 Å². The largest absolute Gasteiger partial charge is 0.350 e. The molecule has 0 bridgehead atoms. The minimum Gasteiger partial charge on any atom is -0.350 e. The third-order valence-corrected chi connectivity index (χ3v) is 8.67. The van der Waals surface area contributed by atoms with Crippen LogP contribution in [0.1, 0.15) is 42.7 Å². The Morgan fingerprint density at radius 2 is 1.74 bits per heavy atom. The van der Waals surface area contributed by atoms with E-state index < -0.39 is 17.5 Å². The number of para-hydroxylation sites is 2. The number of H-pyrrole nitrogens is 1. The summed E-state index contributed by atoms with van der Waals surface area (Å²) in [5.41, 5.74) is 3.45. The van der Waals surface area contributed by atoms with Crippen LogP contribution in [0, 0.1) is 17.2 Å². The topological polar surface area (TPSA) is 109 Å². The highest BCUT2D eigenvalue weighted by Crippen LogP contribution is 2.46. The lowest BCUT2D eigenvalue weighted by molar-refractivity contribution is -0.136. The summed E-state index contributed by atoms with van der Waals surface area (Å²) in [6.45, 7) is 4.10. The van der Waals surface area contributed by atoms with Gasteiger partial charge in [-0.3, -0.25) is 14.4 Å². The molecule has 3 heterocycles. The van der Waals surface area contributed by atoms with E-state index in [9.17, 15) is 19.6 Å². The molecule has 1 aromatic heterocycles. The van der Waals surface area contributed by atoms with Gasteiger partial charge in [-0.15, -0.1) is 0 Å². The maximum atomic E-state index is 14.4. The number of carbonyl (C=O) groups is 3. The Morgan fingerprint density at radius 1 is 1.05 bits per heavy atom. The van der Waals surface area contributed by atoms with Crippen molar-refractivity contribution in [1.29, 1.82) is 5.26 Å². The van der Waals surface area contributed by atoms with Crippen LogP contribution in [0.25, 0.3) is 22.0 Å². The second-order valence-corrected chi connectivity index (χ2v) is 11.7. The maximum absolute atomic E-state index is 14.4. The average Bonchev–Trinajstić information content (AvgIpc) is 3.67. The van der Waals surface area contributed by atoms with Crippen molar-refractivity contribution in [3.05, 3.63) is 90.1 Å². The number of anilines is 1. The Morgan fingerprint density at radius 3 is 2.48 bits per heavy atom. The van der Waals surface area contributed by atoms with Crippen LogP contribution in [0.5, 0.6) is 0 Å². The summed E-state index contributed by atoms with van der Waals surface area (Å²) in [4.78, 5) is 48.2. The summed E-state index contributed by atoms with van der Waals surface area (Å²) < 4.78 is 0. The van der Waals surface area contributed by atoms with Crippen molar-refractivity contribution >= 4 is 34.3 Å². The van der Waals surface area contributed by atoms with E-state index in [1.807, 2.05) is 92.7 Å². The molecule has 0 unspecified atom stereocenters. The maximum Gasteiger partial charge on any atom is 0.271 e. The molecule has 8 heteroatoms. The first-order valence-electron chi connectivity index (χ1n) is 14.3. The summed E-state index contributed by atoms with van der Waals surface area (Å²) in [5, 5.41) is 14.0. The molecule has 4 aromatic rings. The molecule has 2 aliphatic rings. The predicted molar refractivity (Wildman–Crippen MR) is 162 cm³/mol. The standard InChI is InChI=1S/C34H33N5O3/c1-21(2)17-28(31(40)39-20-34(18-23(39)19-35)25-14-8-10-16-27(25)37-33(34)42)38(3)32(41)30-29(22-11-5-4-6-12-22)24-13-7-9-15-26(24)36-30/h4-16,21,23,28,36H,17-18,20H2,1-3H3,(H,37,42)/t23-,28-,34-/m0/s1. The quantitative estimate of drug-likeness (QED) is 0.333. The Bertz CT molecular complexity index is 1740. The van der Waals surface area contributed by atoms with Crippen LogP contribution in [0.3, 0.4) is 0 Å². The van der Waals surface area contributed by atoms with Crippen LogP contribution < -0.4 is 5.32 Å². The van der Waals surface area contributed by atoms with Crippen molar-refractivity contribution in [3.8, 4) is 17.2 Å². The lowest BCUT2D eigenvalue weighted by Gasteiger charge is -2.33. The SMILES string of the molecule is CC(C)C[C@@H](C(=O)N1C[C@]2(C[C@H]1C#N)C(=O)Nc1ccccc12)N(C)C(=O)c1[nH]c2ccccc2c1-c1ccccc1. The van der Waals surface area contributed by atoms with Crippen molar-refractivity contribution in [2.45, 2.75) is 44.2 Å². The Kier molecular flexibility index (Phi) is 6.82. The number of hydrogen-bond donors (Lipinski definition) is 2. The molecule has 212 valence electrons. The molecular formula is C34H33N5O3. The van der Waals surface area contributed by atoms with Crippen molar-refractivity contribution in [2.75, 3.05) is 18.9 Å². The van der Waals surface area contributed by atoms with Crippen molar-refractivity contribution in [3.63, 3.8) is 0 Å². The van der Waals surface area contributed by atoms with E-state index in [0.717, 1.165) is 27.6 Å². The summed E-state index contributed by atoms with van der Waals surface area (Å²) in [7, 11) is 1.65. The lowest BCUT2D eigenvalue weighted by atomic mass is 9.80. The lowest BCUT2D eigenvalue weighted by Crippen LogP contribution is -2.52. The van der Waals surface area contributed by atoms with Crippen LogP contribution in [0.4, 0.5) is 5.69 Å². The number of amides is 3. The fraction of sp³-hybridized carbons (Fsp3) is 0.294. The van der Waals surface area contributed by atoms with Gasteiger partial charge in [-0.2, -0.15) is 5.26 Å². The summed E-state index contributed by atoms with van der Waals surface area (Å²) >= 11 is 0. The van der Waals surface area contributed by atoms with Crippen LogP contribution in [0.15, 0.2) is 78.9 Å². The van der Waals surface area contributed by atoms with E-state index in [1.54, 1.807) is 7.05 Å². The van der Waals surface area contributed by atoms with Gasteiger partial charge < -0.3 is 20.1 Å². The van der Waals surface area contributed by atoms with Gasteiger partial charge in [0.25, 0.3) is 5.91 Å². The second-order valence-electron chi connectivity index (χ2n) is 11.7. The van der Waals surface area contributed by atoms with Gasteiger partial charge in [-0.25, -0.2) is 0 Å². The van der Waals surface area contributed by atoms with Gasteiger partial charge in [-0.05, 0) is 35.6 Å². The number of aromatic amines is 1. The third kappa shape index (κ3) is 4.33.